The zero-order valence-electron chi connectivity index (χ0n) is 13.3. The lowest BCUT2D eigenvalue weighted by molar-refractivity contribution is -0.130. The van der Waals surface area contributed by atoms with E-state index in [0.29, 0.717) is 6.42 Å². The summed E-state index contributed by atoms with van der Waals surface area (Å²) >= 11 is 3.46. The summed E-state index contributed by atoms with van der Waals surface area (Å²) in [7, 11) is 0. The predicted molar refractivity (Wildman–Crippen MR) is 97.8 cm³/mol. The summed E-state index contributed by atoms with van der Waals surface area (Å²) in [6.07, 6.45) is 0.476. The van der Waals surface area contributed by atoms with Gasteiger partial charge in [-0.15, -0.1) is 0 Å². The Bertz CT molecular complexity index is 676. The van der Waals surface area contributed by atoms with Gasteiger partial charge in [-0.3, -0.25) is 4.79 Å². The molecule has 1 amide bonds. The predicted octanol–water partition coefficient (Wildman–Crippen LogP) is 3.65. The van der Waals surface area contributed by atoms with Crippen LogP contribution in [0.15, 0.2) is 53.0 Å². The molecule has 0 bridgehead atoms. The number of aryl methyl sites for hydroxylation is 1. The number of benzene rings is 2. The van der Waals surface area contributed by atoms with E-state index in [0.717, 1.165) is 36.2 Å². The van der Waals surface area contributed by atoms with Gasteiger partial charge < -0.3 is 9.80 Å². The van der Waals surface area contributed by atoms with Crippen LogP contribution in [-0.4, -0.2) is 37.0 Å². The average molecular weight is 373 g/mol. The summed E-state index contributed by atoms with van der Waals surface area (Å²) in [6.45, 7) is 5.48. The SMILES string of the molecule is Cc1ccc(N2CCN(C(=O)Cc3cccc(Br)c3)CC2)cc1. The number of piperazine rings is 1. The molecule has 2 aromatic rings. The second-order valence-electron chi connectivity index (χ2n) is 6.01. The van der Waals surface area contributed by atoms with Crippen LogP contribution >= 0.6 is 15.9 Å². The molecule has 2 aromatic carbocycles. The molecule has 1 fully saturated rings. The van der Waals surface area contributed by atoms with Crippen molar-refractivity contribution in [1.82, 2.24) is 4.90 Å². The Hall–Kier alpha value is -1.81. The molecule has 0 aliphatic carbocycles. The summed E-state index contributed by atoms with van der Waals surface area (Å²) < 4.78 is 1.02. The van der Waals surface area contributed by atoms with E-state index >= 15 is 0 Å². The van der Waals surface area contributed by atoms with Gasteiger partial charge in [0.05, 0.1) is 6.42 Å². The van der Waals surface area contributed by atoms with Crippen LogP contribution in [0.3, 0.4) is 0 Å². The quantitative estimate of drug-likeness (QED) is 0.820. The van der Waals surface area contributed by atoms with Crippen LogP contribution in [0.25, 0.3) is 0 Å². The summed E-state index contributed by atoms with van der Waals surface area (Å²) in [4.78, 5) is 16.8. The van der Waals surface area contributed by atoms with Gasteiger partial charge in [0.1, 0.15) is 0 Å². The highest BCUT2D eigenvalue weighted by Gasteiger charge is 2.21. The molecule has 3 nitrogen and oxygen atoms in total. The van der Waals surface area contributed by atoms with Gasteiger partial charge >= 0.3 is 0 Å². The van der Waals surface area contributed by atoms with Crippen LogP contribution in [0.1, 0.15) is 11.1 Å². The first-order valence-electron chi connectivity index (χ1n) is 7.96. The first kappa shape index (κ1) is 16.1. The van der Waals surface area contributed by atoms with Gasteiger partial charge in [-0.2, -0.15) is 0 Å². The van der Waals surface area contributed by atoms with Gasteiger partial charge in [0.25, 0.3) is 0 Å². The van der Waals surface area contributed by atoms with Crippen molar-refractivity contribution in [3.05, 3.63) is 64.1 Å². The Labute approximate surface area is 146 Å². The summed E-state index contributed by atoms with van der Waals surface area (Å²) in [5, 5.41) is 0. The van der Waals surface area contributed by atoms with E-state index in [1.807, 2.05) is 29.2 Å². The molecule has 1 aliphatic rings. The van der Waals surface area contributed by atoms with Crippen LogP contribution in [0, 0.1) is 6.92 Å². The first-order valence-corrected chi connectivity index (χ1v) is 8.75. The monoisotopic (exact) mass is 372 g/mol. The Morgan fingerprint density at radius 1 is 1.04 bits per heavy atom. The molecule has 0 aromatic heterocycles. The number of carbonyl (C=O) groups is 1. The van der Waals surface area contributed by atoms with Gasteiger partial charge in [-0.05, 0) is 36.8 Å². The molecule has 0 N–H and O–H groups in total. The summed E-state index contributed by atoms with van der Waals surface area (Å²) in [5.41, 5.74) is 3.58. The third-order valence-electron chi connectivity index (χ3n) is 4.28. The van der Waals surface area contributed by atoms with Crippen LogP contribution in [0.4, 0.5) is 5.69 Å². The Morgan fingerprint density at radius 2 is 1.74 bits per heavy atom. The second-order valence-corrected chi connectivity index (χ2v) is 6.93. The number of hydrogen-bond acceptors (Lipinski definition) is 2. The summed E-state index contributed by atoms with van der Waals surface area (Å²) in [6, 6.07) is 16.6. The third-order valence-corrected chi connectivity index (χ3v) is 4.77. The van der Waals surface area contributed by atoms with Gasteiger partial charge in [0.15, 0.2) is 0 Å². The van der Waals surface area contributed by atoms with Crippen molar-refractivity contribution in [2.45, 2.75) is 13.3 Å². The lowest BCUT2D eigenvalue weighted by atomic mass is 10.1. The zero-order chi connectivity index (χ0) is 16.2. The second kappa shape index (κ2) is 7.18. The van der Waals surface area contributed by atoms with E-state index in [1.54, 1.807) is 0 Å². The van der Waals surface area contributed by atoms with Crippen LogP contribution in [0.5, 0.6) is 0 Å². The average Bonchev–Trinajstić information content (AvgIpc) is 2.56. The maximum atomic E-state index is 12.5. The molecule has 1 heterocycles. The van der Waals surface area contributed by atoms with E-state index in [4.69, 9.17) is 0 Å². The topological polar surface area (TPSA) is 23.6 Å². The Balaban J connectivity index is 1.56. The molecular formula is C19H21BrN2O. The lowest BCUT2D eigenvalue weighted by Gasteiger charge is -2.36. The smallest absolute Gasteiger partial charge is 0.227 e. The van der Waals surface area contributed by atoms with Crippen molar-refractivity contribution in [1.29, 1.82) is 0 Å². The highest BCUT2D eigenvalue weighted by atomic mass is 79.9. The lowest BCUT2D eigenvalue weighted by Crippen LogP contribution is -2.49. The molecule has 0 spiro atoms. The minimum absolute atomic E-state index is 0.214. The van der Waals surface area contributed by atoms with Gasteiger partial charge in [0, 0.05) is 36.3 Å². The minimum Gasteiger partial charge on any atom is -0.368 e. The van der Waals surface area contributed by atoms with Crippen LogP contribution < -0.4 is 4.90 Å². The van der Waals surface area contributed by atoms with E-state index in [9.17, 15) is 4.79 Å². The zero-order valence-corrected chi connectivity index (χ0v) is 14.9. The number of halogens is 1. The standard InChI is InChI=1S/C19H21BrN2O/c1-15-5-7-18(8-6-15)21-9-11-22(12-10-21)19(23)14-16-3-2-4-17(20)13-16/h2-8,13H,9-12,14H2,1H3. The number of amides is 1. The van der Waals surface area contributed by atoms with Gasteiger partial charge in [0.2, 0.25) is 5.91 Å². The van der Waals surface area contributed by atoms with Crippen molar-refractivity contribution in [2.24, 2.45) is 0 Å². The number of rotatable bonds is 3. The van der Waals surface area contributed by atoms with Crippen LogP contribution in [0.2, 0.25) is 0 Å². The summed E-state index contributed by atoms with van der Waals surface area (Å²) in [5.74, 6) is 0.214. The number of anilines is 1. The highest BCUT2D eigenvalue weighted by Crippen LogP contribution is 2.18. The fourth-order valence-corrected chi connectivity index (χ4v) is 3.35. The fraction of sp³-hybridized carbons (Fsp3) is 0.316. The third kappa shape index (κ3) is 4.14. The highest BCUT2D eigenvalue weighted by molar-refractivity contribution is 9.10. The largest absolute Gasteiger partial charge is 0.368 e. The fourth-order valence-electron chi connectivity index (χ4n) is 2.90. The number of carbonyl (C=O) groups excluding carboxylic acids is 1. The van der Waals surface area contributed by atoms with Gasteiger partial charge in [-0.1, -0.05) is 45.8 Å². The molecule has 1 aliphatic heterocycles. The molecule has 0 radical (unpaired) electrons. The minimum atomic E-state index is 0.214. The van der Waals surface area contributed by atoms with Crippen molar-refractivity contribution in [2.75, 3.05) is 31.1 Å². The maximum Gasteiger partial charge on any atom is 0.227 e. The first-order chi connectivity index (χ1) is 11.1. The van der Waals surface area contributed by atoms with Crippen molar-refractivity contribution in [3.8, 4) is 0 Å². The number of nitrogens with zero attached hydrogens (tertiary/aromatic N) is 2. The molecule has 23 heavy (non-hydrogen) atoms. The normalized spacial score (nSPS) is 14.9. The Kier molecular flexibility index (Phi) is 5.01. The van der Waals surface area contributed by atoms with Crippen LogP contribution in [-0.2, 0) is 11.2 Å². The van der Waals surface area contributed by atoms with Crippen molar-refractivity contribution >= 4 is 27.5 Å². The molecule has 4 heteroatoms. The molecule has 3 rings (SSSR count). The molecule has 120 valence electrons. The molecule has 1 saturated heterocycles. The molecule has 0 saturated carbocycles. The molecular weight excluding hydrogens is 352 g/mol. The maximum absolute atomic E-state index is 12.5. The number of hydrogen-bond donors (Lipinski definition) is 0. The van der Waals surface area contributed by atoms with E-state index in [2.05, 4.69) is 52.0 Å². The van der Waals surface area contributed by atoms with Crippen molar-refractivity contribution < 1.29 is 4.79 Å². The van der Waals surface area contributed by atoms with E-state index in [-0.39, 0.29) is 5.91 Å². The van der Waals surface area contributed by atoms with Crippen molar-refractivity contribution in [3.63, 3.8) is 0 Å². The van der Waals surface area contributed by atoms with E-state index < -0.39 is 0 Å². The van der Waals surface area contributed by atoms with E-state index in [1.165, 1.54) is 11.3 Å². The molecule has 0 atom stereocenters. The Morgan fingerprint density at radius 3 is 2.39 bits per heavy atom. The molecule has 0 unspecified atom stereocenters. The van der Waals surface area contributed by atoms with Gasteiger partial charge in [-0.25, -0.2) is 0 Å².